The Labute approximate surface area is 185 Å². The standard InChI is InChI=1S/C23H31N3O4S/c1-25(2)17-19-10-6-7-11-20(19)24-23(27)18-12-13-21(30-3)22(16-18)31(28,29)26-14-8-4-5-9-15-26/h6-7,10-13,16H,4-5,8-9,14-15,17H2,1-3H3,(H,24,27). The lowest BCUT2D eigenvalue weighted by Crippen LogP contribution is -2.32. The number of benzene rings is 2. The predicted molar refractivity (Wildman–Crippen MR) is 122 cm³/mol. The number of hydrogen-bond donors (Lipinski definition) is 1. The molecule has 2 aromatic carbocycles. The normalized spacial score (nSPS) is 15.5. The maximum absolute atomic E-state index is 13.3. The highest BCUT2D eigenvalue weighted by molar-refractivity contribution is 7.89. The summed E-state index contributed by atoms with van der Waals surface area (Å²) in [5.41, 5.74) is 1.95. The maximum Gasteiger partial charge on any atom is 0.255 e. The van der Waals surface area contributed by atoms with Gasteiger partial charge in [0.25, 0.3) is 5.91 Å². The molecular formula is C23H31N3O4S. The van der Waals surface area contributed by atoms with Gasteiger partial charge in [0.15, 0.2) is 0 Å². The monoisotopic (exact) mass is 445 g/mol. The van der Waals surface area contributed by atoms with E-state index in [2.05, 4.69) is 5.32 Å². The molecule has 0 unspecified atom stereocenters. The van der Waals surface area contributed by atoms with Crippen molar-refractivity contribution in [3.05, 3.63) is 53.6 Å². The largest absolute Gasteiger partial charge is 0.495 e. The molecule has 0 aromatic heterocycles. The number of hydrogen-bond acceptors (Lipinski definition) is 5. The first-order valence-electron chi connectivity index (χ1n) is 10.5. The maximum atomic E-state index is 13.3. The van der Waals surface area contributed by atoms with Crippen LogP contribution in [0.25, 0.3) is 0 Å². The predicted octanol–water partition coefficient (Wildman–Crippen LogP) is 3.57. The van der Waals surface area contributed by atoms with Crippen LogP contribution in [0.4, 0.5) is 5.69 Å². The number of carbonyl (C=O) groups excluding carboxylic acids is 1. The summed E-state index contributed by atoms with van der Waals surface area (Å²) in [6, 6.07) is 12.1. The van der Waals surface area contributed by atoms with E-state index in [1.54, 1.807) is 12.1 Å². The molecule has 0 saturated carbocycles. The zero-order valence-corrected chi connectivity index (χ0v) is 19.2. The van der Waals surface area contributed by atoms with Crippen LogP contribution in [0.15, 0.2) is 47.4 Å². The molecule has 1 heterocycles. The first-order chi connectivity index (χ1) is 14.8. The second kappa shape index (κ2) is 10.3. The third-order valence-electron chi connectivity index (χ3n) is 5.36. The zero-order valence-electron chi connectivity index (χ0n) is 18.4. The van der Waals surface area contributed by atoms with Crippen LogP contribution in [-0.2, 0) is 16.6 Å². The first kappa shape index (κ1) is 23.2. The number of amides is 1. The lowest BCUT2D eigenvalue weighted by Gasteiger charge is -2.21. The van der Waals surface area contributed by atoms with Gasteiger partial charge >= 0.3 is 0 Å². The van der Waals surface area contributed by atoms with E-state index >= 15 is 0 Å². The number of carbonyl (C=O) groups is 1. The van der Waals surface area contributed by atoms with Crippen LogP contribution < -0.4 is 10.1 Å². The summed E-state index contributed by atoms with van der Waals surface area (Å²) in [6.07, 6.45) is 3.73. The quantitative estimate of drug-likeness (QED) is 0.705. The Morgan fingerprint density at radius 2 is 1.74 bits per heavy atom. The molecule has 7 nitrogen and oxygen atoms in total. The van der Waals surface area contributed by atoms with Gasteiger partial charge in [-0.1, -0.05) is 31.0 Å². The number of nitrogens with zero attached hydrogens (tertiary/aromatic N) is 2. The highest BCUT2D eigenvalue weighted by Crippen LogP contribution is 2.30. The van der Waals surface area contributed by atoms with Gasteiger partial charge in [0.05, 0.1) is 7.11 Å². The average Bonchev–Trinajstić information content (AvgIpc) is 3.04. The van der Waals surface area contributed by atoms with Crippen molar-refractivity contribution in [2.45, 2.75) is 37.1 Å². The number of sulfonamides is 1. The van der Waals surface area contributed by atoms with E-state index in [1.807, 2.05) is 43.3 Å². The summed E-state index contributed by atoms with van der Waals surface area (Å²) in [6.45, 7) is 1.65. The van der Waals surface area contributed by atoms with E-state index in [0.717, 1.165) is 31.2 Å². The van der Waals surface area contributed by atoms with Gasteiger partial charge in [-0.15, -0.1) is 0 Å². The van der Waals surface area contributed by atoms with Crippen LogP contribution in [0.3, 0.4) is 0 Å². The second-order valence-electron chi connectivity index (χ2n) is 8.03. The molecule has 1 amide bonds. The van der Waals surface area contributed by atoms with E-state index < -0.39 is 10.0 Å². The SMILES string of the molecule is COc1ccc(C(=O)Nc2ccccc2CN(C)C)cc1S(=O)(=O)N1CCCCCC1. The molecule has 1 aliphatic heterocycles. The van der Waals surface area contributed by atoms with Crippen molar-refractivity contribution in [1.29, 1.82) is 0 Å². The summed E-state index contributed by atoms with van der Waals surface area (Å²) in [5, 5.41) is 2.92. The van der Waals surface area contributed by atoms with Crippen molar-refractivity contribution < 1.29 is 17.9 Å². The highest BCUT2D eigenvalue weighted by Gasteiger charge is 2.29. The summed E-state index contributed by atoms with van der Waals surface area (Å²) in [5.74, 6) is -0.116. The van der Waals surface area contributed by atoms with Gasteiger partial charge in [-0.2, -0.15) is 4.31 Å². The van der Waals surface area contributed by atoms with Crippen LogP contribution in [0.2, 0.25) is 0 Å². The Kier molecular flexibility index (Phi) is 7.69. The molecule has 1 aliphatic rings. The number of rotatable bonds is 7. The van der Waals surface area contributed by atoms with E-state index in [9.17, 15) is 13.2 Å². The summed E-state index contributed by atoms with van der Waals surface area (Å²) in [7, 11) is 1.60. The Morgan fingerprint density at radius 1 is 1.06 bits per heavy atom. The Bertz CT molecular complexity index is 1010. The van der Waals surface area contributed by atoms with Gasteiger partial charge < -0.3 is 15.0 Å². The van der Waals surface area contributed by atoms with E-state index in [0.29, 0.717) is 25.3 Å². The minimum absolute atomic E-state index is 0.0335. The second-order valence-corrected chi connectivity index (χ2v) is 9.94. The molecule has 31 heavy (non-hydrogen) atoms. The van der Waals surface area contributed by atoms with E-state index in [4.69, 9.17) is 4.74 Å². The van der Waals surface area contributed by atoms with Crippen LogP contribution in [0.5, 0.6) is 5.75 Å². The fourth-order valence-corrected chi connectivity index (χ4v) is 5.45. The van der Waals surface area contributed by atoms with Crippen molar-refractivity contribution in [2.24, 2.45) is 0 Å². The molecule has 168 valence electrons. The third kappa shape index (κ3) is 5.64. The lowest BCUT2D eigenvalue weighted by molar-refractivity contribution is 0.102. The van der Waals surface area contributed by atoms with Crippen molar-refractivity contribution >= 4 is 21.6 Å². The summed E-state index contributed by atoms with van der Waals surface area (Å²) >= 11 is 0. The number of para-hydroxylation sites is 1. The topological polar surface area (TPSA) is 79.0 Å². The average molecular weight is 446 g/mol. The Balaban J connectivity index is 1.91. The van der Waals surface area contributed by atoms with Gasteiger partial charge in [0.1, 0.15) is 10.6 Å². The van der Waals surface area contributed by atoms with E-state index in [1.165, 1.54) is 17.5 Å². The fraction of sp³-hybridized carbons (Fsp3) is 0.435. The van der Waals surface area contributed by atoms with Crippen molar-refractivity contribution in [2.75, 3.05) is 39.6 Å². The van der Waals surface area contributed by atoms with Crippen LogP contribution >= 0.6 is 0 Å². The van der Waals surface area contributed by atoms with Crippen molar-refractivity contribution in [1.82, 2.24) is 9.21 Å². The molecule has 0 aliphatic carbocycles. The Hall–Kier alpha value is -2.42. The third-order valence-corrected chi connectivity index (χ3v) is 7.28. The molecule has 0 bridgehead atoms. The fourth-order valence-electron chi connectivity index (χ4n) is 3.76. The molecule has 3 rings (SSSR count). The van der Waals surface area contributed by atoms with Crippen LogP contribution in [0.1, 0.15) is 41.6 Å². The van der Waals surface area contributed by atoms with Gasteiger partial charge in [-0.05, 0) is 56.8 Å². The van der Waals surface area contributed by atoms with E-state index in [-0.39, 0.29) is 22.1 Å². The van der Waals surface area contributed by atoms with Gasteiger partial charge in [-0.25, -0.2) is 8.42 Å². The number of nitrogens with one attached hydrogen (secondary N) is 1. The molecule has 1 fully saturated rings. The molecule has 1 saturated heterocycles. The minimum atomic E-state index is -3.76. The highest BCUT2D eigenvalue weighted by atomic mass is 32.2. The van der Waals surface area contributed by atoms with Crippen molar-refractivity contribution in [3.8, 4) is 5.75 Å². The number of anilines is 1. The summed E-state index contributed by atoms with van der Waals surface area (Å²) < 4.78 is 33.5. The molecule has 2 aromatic rings. The molecule has 0 atom stereocenters. The zero-order chi connectivity index (χ0) is 22.4. The van der Waals surface area contributed by atoms with Gasteiger partial charge in [0, 0.05) is 30.9 Å². The molecule has 0 spiro atoms. The smallest absolute Gasteiger partial charge is 0.255 e. The Morgan fingerprint density at radius 3 is 2.39 bits per heavy atom. The number of ether oxygens (including phenoxy) is 1. The summed E-state index contributed by atoms with van der Waals surface area (Å²) in [4.78, 5) is 15.0. The molecule has 1 N–H and O–H groups in total. The molecule has 8 heteroatoms. The van der Waals surface area contributed by atoms with Gasteiger partial charge in [0.2, 0.25) is 10.0 Å². The van der Waals surface area contributed by atoms with Crippen LogP contribution in [-0.4, -0.2) is 57.8 Å². The first-order valence-corrected chi connectivity index (χ1v) is 12.0. The number of methoxy groups -OCH3 is 1. The molecular weight excluding hydrogens is 414 g/mol. The van der Waals surface area contributed by atoms with Crippen LogP contribution in [0, 0.1) is 0 Å². The van der Waals surface area contributed by atoms with Crippen molar-refractivity contribution in [3.63, 3.8) is 0 Å². The minimum Gasteiger partial charge on any atom is -0.495 e. The van der Waals surface area contributed by atoms with Gasteiger partial charge in [-0.3, -0.25) is 4.79 Å². The molecule has 0 radical (unpaired) electrons. The lowest BCUT2D eigenvalue weighted by atomic mass is 10.1.